The predicted octanol–water partition coefficient (Wildman–Crippen LogP) is 4.10. The number of rotatable bonds is 6. The number of halogens is 2. The number of hydrogen-bond acceptors (Lipinski definition) is 2. The van der Waals surface area contributed by atoms with Gasteiger partial charge in [-0.15, -0.1) is 0 Å². The fraction of sp³-hybridized carbons (Fsp3) is 0.357. The van der Waals surface area contributed by atoms with Crippen LogP contribution in [0.5, 0.6) is 0 Å². The lowest BCUT2D eigenvalue weighted by molar-refractivity contribution is -0.140. The molecule has 0 saturated heterocycles. The summed E-state index contributed by atoms with van der Waals surface area (Å²) in [7, 11) is 0. The molecule has 0 spiro atoms. The van der Waals surface area contributed by atoms with Crippen molar-refractivity contribution in [3.63, 3.8) is 0 Å². The lowest BCUT2D eigenvalue weighted by Crippen LogP contribution is -2.33. The quantitative estimate of drug-likeness (QED) is 0.804. The Morgan fingerprint density at radius 2 is 2.05 bits per heavy atom. The smallest absolute Gasteiger partial charge is 0.308 e. The van der Waals surface area contributed by atoms with Gasteiger partial charge in [0.2, 0.25) is 0 Å². The van der Waals surface area contributed by atoms with Gasteiger partial charge in [0.1, 0.15) is 0 Å². The first kappa shape index (κ1) is 15.9. The lowest BCUT2D eigenvalue weighted by Gasteiger charge is -2.27. The van der Waals surface area contributed by atoms with E-state index >= 15 is 0 Å². The SMILES string of the molecule is C=C(C)CN(CC(C)C(=O)O)c1ccc(Cl)c(Cl)c1. The normalized spacial score (nSPS) is 12.0. The minimum absolute atomic E-state index is 0.389. The Bertz CT molecular complexity index is 488. The van der Waals surface area contributed by atoms with E-state index in [-0.39, 0.29) is 0 Å². The summed E-state index contributed by atoms with van der Waals surface area (Å²) < 4.78 is 0. The maximum atomic E-state index is 11.0. The largest absolute Gasteiger partial charge is 0.481 e. The number of anilines is 1. The Morgan fingerprint density at radius 3 is 2.53 bits per heavy atom. The summed E-state index contributed by atoms with van der Waals surface area (Å²) in [6.45, 7) is 8.40. The van der Waals surface area contributed by atoms with Crippen LogP contribution in [0.1, 0.15) is 13.8 Å². The number of carbonyl (C=O) groups is 1. The van der Waals surface area contributed by atoms with Crippen LogP contribution in [-0.2, 0) is 4.79 Å². The van der Waals surface area contributed by atoms with Gasteiger partial charge in [-0.3, -0.25) is 4.79 Å². The molecular weight excluding hydrogens is 285 g/mol. The summed E-state index contributed by atoms with van der Waals surface area (Å²) in [4.78, 5) is 12.9. The van der Waals surface area contributed by atoms with Crippen molar-refractivity contribution in [2.24, 2.45) is 5.92 Å². The first-order valence-corrected chi connectivity index (χ1v) is 6.64. The molecule has 5 heteroatoms. The maximum Gasteiger partial charge on any atom is 0.308 e. The van der Waals surface area contributed by atoms with Crippen molar-refractivity contribution in [2.75, 3.05) is 18.0 Å². The molecule has 0 aromatic heterocycles. The highest BCUT2D eigenvalue weighted by Gasteiger charge is 2.17. The minimum Gasteiger partial charge on any atom is -0.481 e. The van der Waals surface area contributed by atoms with Crippen molar-refractivity contribution in [3.05, 3.63) is 40.4 Å². The van der Waals surface area contributed by atoms with Crippen LogP contribution in [-0.4, -0.2) is 24.2 Å². The molecule has 1 N–H and O–H groups in total. The van der Waals surface area contributed by atoms with Gasteiger partial charge in [0.25, 0.3) is 0 Å². The highest BCUT2D eigenvalue weighted by Crippen LogP contribution is 2.28. The van der Waals surface area contributed by atoms with Crippen molar-refractivity contribution in [2.45, 2.75) is 13.8 Å². The molecule has 0 aliphatic rings. The molecular formula is C14H17Cl2NO2. The molecule has 0 aliphatic carbocycles. The number of benzene rings is 1. The van der Waals surface area contributed by atoms with E-state index in [2.05, 4.69) is 6.58 Å². The van der Waals surface area contributed by atoms with Crippen LogP contribution in [0.3, 0.4) is 0 Å². The molecule has 0 radical (unpaired) electrons. The zero-order chi connectivity index (χ0) is 14.6. The third-order valence-corrected chi connectivity index (χ3v) is 3.38. The van der Waals surface area contributed by atoms with E-state index < -0.39 is 11.9 Å². The topological polar surface area (TPSA) is 40.5 Å². The average molecular weight is 302 g/mol. The fourth-order valence-electron chi connectivity index (χ4n) is 1.68. The number of hydrogen-bond donors (Lipinski definition) is 1. The van der Waals surface area contributed by atoms with E-state index in [0.29, 0.717) is 23.1 Å². The van der Waals surface area contributed by atoms with Crippen molar-refractivity contribution in [1.82, 2.24) is 0 Å². The van der Waals surface area contributed by atoms with Crippen molar-refractivity contribution >= 4 is 34.9 Å². The first-order valence-electron chi connectivity index (χ1n) is 5.88. The van der Waals surface area contributed by atoms with Crippen molar-refractivity contribution < 1.29 is 9.90 Å². The van der Waals surface area contributed by atoms with E-state index in [1.807, 2.05) is 17.9 Å². The highest BCUT2D eigenvalue weighted by molar-refractivity contribution is 6.42. The second kappa shape index (κ2) is 6.83. The molecule has 1 unspecified atom stereocenters. The Morgan fingerprint density at radius 1 is 1.42 bits per heavy atom. The summed E-state index contributed by atoms with van der Waals surface area (Å²) in [5, 5.41) is 9.95. The molecule has 19 heavy (non-hydrogen) atoms. The Kier molecular flexibility index (Phi) is 5.70. The molecule has 3 nitrogen and oxygen atoms in total. The summed E-state index contributed by atoms with van der Waals surface area (Å²) in [6.07, 6.45) is 0. The third kappa shape index (κ3) is 4.77. The van der Waals surface area contributed by atoms with E-state index in [1.165, 1.54) is 0 Å². The first-order chi connectivity index (χ1) is 8.81. The maximum absolute atomic E-state index is 11.0. The molecule has 1 aromatic rings. The number of carboxylic acids is 1. The van der Waals surface area contributed by atoms with E-state index in [9.17, 15) is 4.79 Å². The standard InChI is InChI=1S/C14H17Cl2NO2/c1-9(2)7-17(8-10(3)14(18)19)11-4-5-12(15)13(16)6-11/h4-6,10H,1,7-8H2,2-3H3,(H,18,19). The van der Waals surface area contributed by atoms with Crippen LogP contribution in [0.15, 0.2) is 30.4 Å². The van der Waals surface area contributed by atoms with Crippen LogP contribution in [0.2, 0.25) is 10.0 Å². The molecule has 0 fully saturated rings. The van der Waals surface area contributed by atoms with Crippen molar-refractivity contribution in [1.29, 1.82) is 0 Å². The number of carboxylic acid groups (broad SMARTS) is 1. The van der Waals surface area contributed by atoms with E-state index in [0.717, 1.165) is 11.3 Å². The van der Waals surface area contributed by atoms with Gasteiger partial charge in [-0.05, 0) is 25.1 Å². The molecule has 1 atom stereocenters. The predicted molar refractivity (Wildman–Crippen MR) is 80.3 cm³/mol. The third-order valence-electron chi connectivity index (χ3n) is 2.64. The van der Waals surface area contributed by atoms with Crippen LogP contribution in [0, 0.1) is 5.92 Å². The molecule has 1 rings (SSSR count). The van der Waals surface area contributed by atoms with Gasteiger partial charge >= 0.3 is 5.97 Å². The number of nitrogens with zero attached hydrogens (tertiary/aromatic N) is 1. The minimum atomic E-state index is -0.827. The van der Waals surface area contributed by atoms with Gasteiger partial charge in [0.15, 0.2) is 0 Å². The lowest BCUT2D eigenvalue weighted by atomic mass is 10.1. The second-order valence-corrected chi connectivity index (χ2v) is 5.49. The molecule has 0 saturated carbocycles. The molecule has 0 amide bonds. The van der Waals surface area contributed by atoms with E-state index in [4.69, 9.17) is 28.3 Å². The van der Waals surface area contributed by atoms with Crippen LogP contribution >= 0.6 is 23.2 Å². The van der Waals surface area contributed by atoms with Gasteiger partial charge in [-0.2, -0.15) is 0 Å². The Hall–Kier alpha value is -1.19. The zero-order valence-electron chi connectivity index (χ0n) is 11.0. The molecule has 0 aliphatic heterocycles. The summed E-state index contributed by atoms with van der Waals surface area (Å²) in [5.41, 5.74) is 1.79. The molecule has 0 bridgehead atoms. The molecule has 1 aromatic carbocycles. The average Bonchev–Trinajstić information content (AvgIpc) is 2.31. The van der Waals surface area contributed by atoms with Gasteiger partial charge in [-0.25, -0.2) is 0 Å². The van der Waals surface area contributed by atoms with Gasteiger partial charge < -0.3 is 10.0 Å². The van der Waals surface area contributed by atoms with Crippen LogP contribution in [0.25, 0.3) is 0 Å². The summed E-state index contributed by atoms with van der Waals surface area (Å²) >= 11 is 11.9. The monoisotopic (exact) mass is 301 g/mol. The van der Waals surface area contributed by atoms with Crippen LogP contribution in [0.4, 0.5) is 5.69 Å². The summed E-state index contributed by atoms with van der Waals surface area (Å²) in [6, 6.07) is 5.27. The Balaban J connectivity index is 2.98. The summed E-state index contributed by atoms with van der Waals surface area (Å²) in [5.74, 6) is -1.31. The molecule has 0 heterocycles. The van der Waals surface area contributed by atoms with Gasteiger partial charge in [-0.1, -0.05) is 42.3 Å². The zero-order valence-corrected chi connectivity index (χ0v) is 12.5. The second-order valence-electron chi connectivity index (χ2n) is 4.68. The highest BCUT2D eigenvalue weighted by atomic mass is 35.5. The Labute approximate surface area is 123 Å². The fourth-order valence-corrected chi connectivity index (χ4v) is 1.97. The molecule has 104 valence electrons. The number of aliphatic carboxylic acids is 1. The van der Waals surface area contributed by atoms with Crippen LogP contribution < -0.4 is 4.90 Å². The van der Waals surface area contributed by atoms with E-state index in [1.54, 1.807) is 19.1 Å². The van der Waals surface area contributed by atoms with Gasteiger partial charge in [0.05, 0.1) is 16.0 Å². The van der Waals surface area contributed by atoms with Gasteiger partial charge in [0, 0.05) is 18.8 Å². The van der Waals surface area contributed by atoms with Crippen molar-refractivity contribution in [3.8, 4) is 0 Å².